The van der Waals surface area contributed by atoms with Crippen LogP contribution in [0.5, 0.6) is 0 Å². The Bertz CT molecular complexity index is 372. The van der Waals surface area contributed by atoms with E-state index in [1.54, 1.807) is 6.20 Å². The van der Waals surface area contributed by atoms with E-state index in [9.17, 15) is 0 Å². The maximum atomic E-state index is 5.25. The molecule has 19 heavy (non-hydrogen) atoms. The standard InChI is InChI=1S/C12H21BrN4OS/c1-2-18-8-4-6-15-12(19)14-5-3-7-17-10-11(13)9-16-17/h9-10H,2-8H2,1H3,(H2,14,15,19). The molecule has 0 unspecified atom stereocenters. The predicted octanol–water partition coefficient (Wildman–Crippen LogP) is 1.93. The fraction of sp³-hybridized carbons (Fsp3) is 0.667. The second-order valence-electron chi connectivity index (χ2n) is 4.01. The van der Waals surface area contributed by atoms with Gasteiger partial charge in [0.1, 0.15) is 0 Å². The first-order valence-electron chi connectivity index (χ1n) is 6.49. The lowest BCUT2D eigenvalue weighted by Gasteiger charge is -2.10. The summed E-state index contributed by atoms with van der Waals surface area (Å²) in [5.74, 6) is 0. The van der Waals surface area contributed by atoms with Crippen LogP contribution in [-0.4, -0.2) is 41.2 Å². The highest BCUT2D eigenvalue weighted by Crippen LogP contribution is 2.06. The number of rotatable bonds is 9. The molecule has 1 aromatic heterocycles. The Hall–Kier alpha value is -0.660. The number of aromatic nitrogens is 2. The summed E-state index contributed by atoms with van der Waals surface area (Å²) >= 11 is 8.54. The Balaban J connectivity index is 1.95. The van der Waals surface area contributed by atoms with Crippen molar-refractivity contribution in [3.8, 4) is 0 Å². The molecule has 0 aliphatic heterocycles. The SMILES string of the molecule is CCOCCCNC(=S)NCCCn1cc(Br)cn1. The molecule has 0 aliphatic carbocycles. The third kappa shape index (κ3) is 8.18. The zero-order valence-electron chi connectivity index (χ0n) is 11.2. The Morgan fingerprint density at radius 2 is 2.16 bits per heavy atom. The molecular formula is C12H21BrN4OS. The van der Waals surface area contributed by atoms with Gasteiger partial charge in [-0.15, -0.1) is 0 Å². The summed E-state index contributed by atoms with van der Waals surface area (Å²) in [5, 5.41) is 11.2. The first kappa shape index (κ1) is 16.4. The monoisotopic (exact) mass is 348 g/mol. The van der Waals surface area contributed by atoms with E-state index in [1.807, 2.05) is 17.8 Å². The summed E-state index contributed by atoms with van der Waals surface area (Å²) in [6, 6.07) is 0. The molecule has 1 heterocycles. The Morgan fingerprint density at radius 3 is 2.79 bits per heavy atom. The lowest BCUT2D eigenvalue weighted by atomic mass is 10.4. The van der Waals surface area contributed by atoms with Gasteiger partial charge < -0.3 is 15.4 Å². The number of hydrogen-bond donors (Lipinski definition) is 2. The van der Waals surface area contributed by atoms with Crippen molar-refractivity contribution in [2.75, 3.05) is 26.3 Å². The molecule has 1 aromatic rings. The maximum absolute atomic E-state index is 5.25. The molecule has 5 nitrogen and oxygen atoms in total. The van der Waals surface area contributed by atoms with Crippen LogP contribution >= 0.6 is 28.1 Å². The Morgan fingerprint density at radius 1 is 1.42 bits per heavy atom. The van der Waals surface area contributed by atoms with E-state index in [2.05, 4.69) is 31.7 Å². The highest BCUT2D eigenvalue weighted by Gasteiger charge is 1.97. The number of halogens is 1. The van der Waals surface area contributed by atoms with Gasteiger partial charge in [0.2, 0.25) is 0 Å². The minimum absolute atomic E-state index is 0.707. The van der Waals surface area contributed by atoms with E-state index in [4.69, 9.17) is 17.0 Å². The van der Waals surface area contributed by atoms with Crippen molar-refractivity contribution in [2.45, 2.75) is 26.3 Å². The van der Waals surface area contributed by atoms with Crippen LogP contribution < -0.4 is 10.6 Å². The molecule has 1 rings (SSSR count). The quantitative estimate of drug-likeness (QED) is 0.527. The molecule has 0 amide bonds. The summed E-state index contributed by atoms with van der Waals surface area (Å²) in [7, 11) is 0. The van der Waals surface area contributed by atoms with Crippen molar-refractivity contribution in [2.24, 2.45) is 0 Å². The first-order valence-corrected chi connectivity index (χ1v) is 7.70. The van der Waals surface area contributed by atoms with Gasteiger partial charge >= 0.3 is 0 Å². The largest absolute Gasteiger partial charge is 0.382 e. The third-order valence-electron chi connectivity index (χ3n) is 2.41. The van der Waals surface area contributed by atoms with Crippen molar-refractivity contribution >= 4 is 33.3 Å². The summed E-state index contributed by atoms with van der Waals surface area (Å²) in [4.78, 5) is 0. The maximum Gasteiger partial charge on any atom is 0.166 e. The average molecular weight is 349 g/mol. The van der Waals surface area contributed by atoms with Crippen molar-refractivity contribution in [3.05, 3.63) is 16.9 Å². The van der Waals surface area contributed by atoms with Crippen LogP contribution in [0.1, 0.15) is 19.8 Å². The van der Waals surface area contributed by atoms with Gasteiger partial charge in [0.05, 0.1) is 10.7 Å². The van der Waals surface area contributed by atoms with Crippen LogP contribution in [0.15, 0.2) is 16.9 Å². The summed E-state index contributed by atoms with van der Waals surface area (Å²) < 4.78 is 8.16. The van der Waals surface area contributed by atoms with Gasteiger partial charge in [-0.25, -0.2) is 0 Å². The highest BCUT2D eigenvalue weighted by atomic mass is 79.9. The average Bonchev–Trinajstić information content (AvgIpc) is 2.80. The van der Waals surface area contributed by atoms with Gasteiger partial charge in [0.25, 0.3) is 0 Å². The van der Waals surface area contributed by atoms with Crippen LogP contribution in [0.25, 0.3) is 0 Å². The molecule has 108 valence electrons. The summed E-state index contributed by atoms with van der Waals surface area (Å²) in [6.07, 6.45) is 5.70. The van der Waals surface area contributed by atoms with Crippen LogP contribution in [0.3, 0.4) is 0 Å². The van der Waals surface area contributed by atoms with Crippen LogP contribution in [0, 0.1) is 0 Å². The molecule has 0 saturated heterocycles. The van der Waals surface area contributed by atoms with Crippen LogP contribution in [0.4, 0.5) is 0 Å². The minimum atomic E-state index is 0.707. The Labute approximate surface area is 128 Å². The summed E-state index contributed by atoms with van der Waals surface area (Å²) in [5.41, 5.74) is 0. The second kappa shape index (κ2) is 10.2. The van der Waals surface area contributed by atoms with Crippen LogP contribution in [0.2, 0.25) is 0 Å². The number of hydrogen-bond acceptors (Lipinski definition) is 3. The zero-order chi connectivity index (χ0) is 13.9. The number of ether oxygens (including phenoxy) is 1. The van der Waals surface area contributed by atoms with Gasteiger partial charge in [-0.1, -0.05) is 0 Å². The molecule has 7 heteroatoms. The van der Waals surface area contributed by atoms with E-state index in [0.29, 0.717) is 5.11 Å². The van der Waals surface area contributed by atoms with Gasteiger partial charge in [0.15, 0.2) is 5.11 Å². The second-order valence-corrected chi connectivity index (χ2v) is 5.33. The Kier molecular flexibility index (Phi) is 8.77. The molecule has 0 radical (unpaired) electrons. The number of thiocarbonyl (C=S) groups is 1. The molecule has 0 aromatic carbocycles. The van der Waals surface area contributed by atoms with E-state index < -0.39 is 0 Å². The lowest BCUT2D eigenvalue weighted by molar-refractivity contribution is 0.145. The molecule has 0 atom stereocenters. The minimum Gasteiger partial charge on any atom is -0.382 e. The molecule has 2 N–H and O–H groups in total. The topological polar surface area (TPSA) is 51.1 Å². The molecule has 0 fully saturated rings. The molecule has 0 aliphatic rings. The van der Waals surface area contributed by atoms with Crippen LogP contribution in [-0.2, 0) is 11.3 Å². The third-order valence-corrected chi connectivity index (χ3v) is 3.10. The molecule has 0 spiro atoms. The number of nitrogens with one attached hydrogen (secondary N) is 2. The van der Waals surface area contributed by atoms with Crippen molar-refractivity contribution in [1.82, 2.24) is 20.4 Å². The van der Waals surface area contributed by atoms with Crippen molar-refractivity contribution in [1.29, 1.82) is 0 Å². The predicted molar refractivity (Wildman–Crippen MR) is 84.3 cm³/mol. The van der Waals surface area contributed by atoms with Gasteiger partial charge in [0, 0.05) is 39.0 Å². The first-order chi connectivity index (χ1) is 9.22. The summed E-state index contributed by atoms with van der Waals surface area (Å²) in [6.45, 7) is 6.11. The van der Waals surface area contributed by atoms with Crippen molar-refractivity contribution in [3.63, 3.8) is 0 Å². The van der Waals surface area contributed by atoms with Gasteiger partial charge in [-0.3, -0.25) is 4.68 Å². The molecule has 0 bridgehead atoms. The number of nitrogens with zero attached hydrogens (tertiary/aromatic N) is 2. The van der Waals surface area contributed by atoms with Crippen molar-refractivity contribution < 1.29 is 4.74 Å². The normalized spacial score (nSPS) is 10.4. The van der Waals surface area contributed by atoms with E-state index in [0.717, 1.165) is 50.2 Å². The fourth-order valence-corrected chi connectivity index (χ4v) is 2.02. The molecular weight excluding hydrogens is 328 g/mol. The van der Waals surface area contributed by atoms with Gasteiger partial charge in [-0.2, -0.15) is 5.10 Å². The smallest absolute Gasteiger partial charge is 0.166 e. The van der Waals surface area contributed by atoms with Gasteiger partial charge in [-0.05, 0) is 47.9 Å². The van der Waals surface area contributed by atoms with E-state index in [-0.39, 0.29) is 0 Å². The highest BCUT2D eigenvalue weighted by molar-refractivity contribution is 9.10. The zero-order valence-corrected chi connectivity index (χ0v) is 13.6. The fourth-order valence-electron chi connectivity index (χ4n) is 1.49. The van der Waals surface area contributed by atoms with E-state index >= 15 is 0 Å². The number of aryl methyl sites for hydroxylation is 1. The lowest BCUT2D eigenvalue weighted by Crippen LogP contribution is -2.36. The van der Waals surface area contributed by atoms with E-state index in [1.165, 1.54) is 0 Å². The molecule has 0 saturated carbocycles.